The molecule has 198 valence electrons. The Morgan fingerprint density at radius 3 is 2.58 bits per heavy atom. The van der Waals surface area contributed by atoms with Gasteiger partial charge in [-0.05, 0) is 79.1 Å². The number of halogens is 1. The number of amides is 3. The summed E-state index contributed by atoms with van der Waals surface area (Å²) in [5.41, 5.74) is 4.95. The van der Waals surface area contributed by atoms with Crippen molar-refractivity contribution in [3.05, 3.63) is 94.3 Å². The number of hydrogen-bond acceptors (Lipinski definition) is 4. The molecular formula is C30H34ClN5O2. The summed E-state index contributed by atoms with van der Waals surface area (Å²) in [6.07, 6.45) is 8.26. The van der Waals surface area contributed by atoms with Gasteiger partial charge in [-0.25, -0.2) is 4.79 Å². The van der Waals surface area contributed by atoms with E-state index in [0.717, 1.165) is 56.3 Å². The van der Waals surface area contributed by atoms with Gasteiger partial charge in [-0.2, -0.15) is 0 Å². The first-order valence-electron chi connectivity index (χ1n) is 13.3. The van der Waals surface area contributed by atoms with Crippen LogP contribution in [0.2, 0.25) is 5.02 Å². The number of anilines is 1. The van der Waals surface area contributed by atoms with Crippen LogP contribution in [0.4, 0.5) is 10.5 Å². The van der Waals surface area contributed by atoms with E-state index in [1.165, 1.54) is 11.3 Å². The Morgan fingerprint density at radius 1 is 1.05 bits per heavy atom. The molecule has 0 bridgehead atoms. The van der Waals surface area contributed by atoms with Crippen molar-refractivity contribution in [3.63, 3.8) is 0 Å². The molecule has 1 aliphatic heterocycles. The molecule has 7 nitrogen and oxygen atoms in total. The fourth-order valence-corrected chi connectivity index (χ4v) is 5.75. The Morgan fingerprint density at radius 2 is 1.82 bits per heavy atom. The Hall–Kier alpha value is -3.58. The van der Waals surface area contributed by atoms with Crippen LogP contribution in [0.3, 0.4) is 0 Å². The Bertz CT molecular complexity index is 1280. The zero-order chi connectivity index (χ0) is 26.5. The van der Waals surface area contributed by atoms with Gasteiger partial charge >= 0.3 is 6.03 Å². The molecule has 1 aliphatic carbocycles. The standard InChI is InChI=1S/C30H34ClN5O2/c1-35(24-13-17-36(18-14-24)25-11-15-32-16-12-25)29(37)22-10-9-21-6-4-8-28(26(21)19-22)34-30(38)33-20-23-5-2-3-7-27(23)31/h2-3,5,7,9-12,15-16,19,24,28H,4,6,8,13-14,17-18,20H2,1H3,(H2,33,34,38). The van der Waals surface area contributed by atoms with Gasteiger partial charge in [0, 0.05) is 61.4 Å². The average Bonchev–Trinajstić information content (AvgIpc) is 2.96. The third-order valence-electron chi connectivity index (χ3n) is 7.77. The minimum absolute atomic E-state index is 0.0302. The summed E-state index contributed by atoms with van der Waals surface area (Å²) in [5, 5.41) is 6.66. The fourth-order valence-electron chi connectivity index (χ4n) is 5.54. The van der Waals surface area contributed by atoms with E-state index < -0.39 is 0 Å². The number of piperidine rings is 1. The number of nitrogens with one attached hydrogen (secondary N) is 2. The van der Waals surface area contributed by atoms with Crippen molar-refractivity contribution in [1.82, 2.24) is 20.5 Å². The highest BCUT2D eigenvalue weighted by molar-refractivity contribution is 6.31. The van der Waals surface area contributed by atoms with Gasteiger partial charge in [-0.3, -0.25) is 9.78 Å². The molecular weight excluding hydrogens is 498 g/mol. The lowest BCUT2D eigenvalue weighted by Crippen LogP contribution is -2.45. The van der Waals surface area contributed by atoms with Crippen molar-refractivity contribution in [2.75, 3.05) is 25.0 Å². The van der Waals surface area contributed by atoms with E-state index in [0.29, 0.717) is 17.1 Å². The highest BCUT2D eigenvalue weighted by Gasteiger charge is 2.28. The summed E-state index contributed by atoms with van der Waals surface area (Å²) in [6.45, 7) is 2.17. The lowest BCUT2D eigenvalue weighted by Gasteiger charge is -2.38. The molecule has 3 amide bonds. The van der Waals surface area contributed by atoms with Crippen LogP contribution in [0.25, 0.3) is 0 Å². The van der Waals surface area contributed by atoms with Crippen LogP contribution in [-0.2, 0) is 13.0 Å². The van der Waals surface area contributed by atoms with Crippen LogP contribution in [0.15, 0.2) is 67.0 Å². The smallest absolute Gasteiger partial charge is 0.315 e. The van der Waals surface area contributed by atoms with E-state index in [9.17, 15) is 9.59 Å². The molecule has 2 aliphatic rings. The molecule has 8 heteroatoms. The second kappa shape index (κ2) is 11.9. The molecule has 1 saturated heterocycles. The first kappa shape index (κ1) is 26.0. The molecule has 1 aromatic heterocycles. The van der Waals surface area contributed by atoms with Crippen molar-refractivity contribution in [2.24, 2.45) is 0 Å². The van der Waals surface area contributed by atoms with Crippen molar-refractivity contribution < 1.29 is 9.59 Å². The molecule has 2 aromatic carbocycles. The number of benzene rings is 2. The van der Waals surface area contributed by atoms with E-state index >= 15 is 0 Å². The SMILES string of the molecule is CN(C(=O)c1ccc2c(c1)C(NC(=O)NCc1ccccc1Cl)CCC2)C1CCN(c2ccncc2)CC1. The largest absolute Gasteiger partial charge is 0.371 e. The lowest BCUT2D eigenvalue weighted by molar-refractivity contribution is 0.0709. The van der Waals surface area contributed by atoms with Crippen LogP contribution in [0, 0.1) is 0 Å². The number of aromatic nitrogens is 1. The van der Waals surface area contributed by atoms with Crippen LogP contribution < -0.4 is 15.5 Å². The van der Waals surface area contributed by atoms with Crippen LogP contribution in [-0.4, -0.2) is 48.0 Å². The minimum atomic E-state index is -0.238. The molecule has 3 aromatic rings. The van der Waals surface area contributed by atoms with Crippen molar-refractivity contribution in [2.45, 2.75) is 50.7 Å². The fraction of sp³-hybridized carbons (Fsp3) is 0.367. The van der Waals surface area contributed by atoms with Gasteiger partial charge in [0.2, 0.25) is 0 Å². The van der Waals surface area contributed by atoms with E-state index in [1.54, 1.807) is 0 Å². The molecule has 38 heavy (non-hydrogen) atoms. The topological polar surface area (TPSA) is 77.6 Å². The maximum atomic E-state index is 13.5. The van der Waals surface area contributed by atoms with Gasteiger partial charge in [0.05, 0.1) is 6.04 Å². The molecule has 2 N–H and O–H groups in total. The van der Waals surface area contributed by atoms with E-state index in [1.807, 2.05) is 72.9 Å². The third-order valence-corrected chi connectivity index (χ3v) is 8.14. The first-order valence-corrected chi connectivity index (χ1v) is 13.7. The number of pyridine rings is 1. The monoisotopic (exact) mass is 531 g/mol. The van der Waals surface area contributed by atoms with Gasteiger partial charge in [0.15, 0.2) is 0 Å². The van der Waals surface area contributed by atoms with Crippen LogP contribution in [0.5, 0.6) is 0 Å². The highest BCUT2D eigenvalue weighted by Crippen LogP contribution is 2.31. The maximum absolute atomic E-state index is 13.5. The Labute approximate surface area is 229 Å². The number of nitrogens with zero attached hydrogens (tertiary/aromatic N) is 3. The van der Waals surface area contributed by atoms with E-state index in [-0.39, 0.29) is 24.0 Å². The highest BCUT2D eigenvalue weighted by atomic mass is 35.5. The molecule has 0 saturated carbocycles. The van der Waals surface area contributed by atoms with Crippen molar-refractivity contribution >= 4 is 29.2 Å². The molecule has 5 rings (SSSR count). The Kier molecular flexibility index (Phi) is 8.13. The summed E-state index contributed by atoms with van der Waals surface area (Å²) < 4.78 is 0. The number of carbonyl (C=O) groups excluding carboxylic acids is 2. The summed E-state index contributed by atoms with van der Waals surface area (Å²) in [5.74, 6) is 0.0302. The normalized spacial score (nSPS) is 17.4. The second-order valence-electron chi connectivity index (χ2n) is 10.1. The number of aryl methyl sites for hydroxylation is 1. The zero-order valence-electron chi connectivity index (χ0n) is 21.7. The van der Waals surface area contributed by atoms with Crippen molar-refractivity contribution in [1.29, 1.82) is 0 Å². The summed E-state index contributed by atoms with van der Waals surface area (Å²) >= 11 is 6.22. The van der Waals surface area contributed by atoms with Gasteiger partial charge in [0.25, 0.3) is 5.91 Å². The van der Waals surface area contributed by atoms with Gasteiger partial charge in [-0.15, -0.1) is 0 Å². The molecule has 1 atom stereocenters. The van der Waals surface area contributed by atoms with Gasteiger partial charge in [0.1, 0.15) is 0 Å². The maximum Gasteiger partial charge on any atom is 0.315 e. The van der Waals surface area contributed by atoms with E-state index in [4.69, 9.17) is 11.6 Å². The van der Waals surface area contributed by atoms with Crippen molar-refractivity contribution in [3.8, 4) is 0 Å². The average molecular weight is 532 g/mol. The number of urea groups is 1. The van der Waals surface area contributed by atoms with E-state index in [2.05, 4.69) is 26.6 Å². The number of rotatable bonds is 6. The Balaban J connectivity index is 1.21. The third kappa shape index (κ3) is 5.94. The number of hydrogen-bond donors (Lipinski definition) is 2. The van der Waals surface area contributed by atoms with Crippen LogP contribution in [0.1, 0.15) is 58.8 Å². The molecule has 0 spiro atoms. The first-order chi connectivity index (χ1) is 18.5. The molecule has 0 radical (unpaired) electrons. The predicted octanol–water partition coefficient (Wildman–Crippen LogP) is 5.35. The summed E-state index contributed by atoms with van der Waals surface area (Å²) in [7, 11) is 1.91. The molecule has 2 heterocycles. The molecule has 1 fully saturated rings. The summed E-state index contributed by atoms with van der Waals surface area (Å²) in [6, 6.07) is 17.3. The minimum Gasteiger partial charge on any atom is -0.371 e. The zero-order valence-corrected chi connectivity index (χ0v) is 22.5. The van der Waals surface area contributed by atoms with Crippen LogP contribution >= 0.6 is 11.6 Å². The summed E-state index contributed by atoms with van der Waals surface area (Å²) in [4.78, 5) is 34.6. The van der Waals surface area contributed by atoms with Gasteiger partial charge < -0.3 is 20.4 Å². The molecule has 1 unspecified atom stereocenters. The quantitative estimate of drug-likeness (QED) is 0.449. The second-order valence-corrected chi connectivity index (χ2v) is 10.5. The predicted molar refractivity (Wildman–Crippen MR) is 151 cm³/mol. The number of fused-ring (bicyclic) bond motifs is 1. The lowest BCUT2D eigenvalue weighted by atomic mass is 9.86. The number of carbonyl (C=O) groups is 2. The van der Waals surface area contributed by atoms with Gasteiger partial charge in [-0.1, -0.05) is 35.9 Å².